The van der Waals surface area contributed by atoms with E-state index in [-0.39, 0.29) is 11.9 Å². The number of nitrogens with one attached hydrogen (secondary N) is 1. The third-order valence-electron chi connectivity index (χ3n) is 7.09. The van der Waals surface area contributed by atoms with Gasteiger partial charge in [-0.2, -0.15) is 0 Å². The number of aromatic nitrogens is 4. The van der Waals surface area contributed by atoms with Crippen LogP contribution < -0.4 is 5.32 Å². The van der Waals surface area contributed by atoms with Crippen LogP contribution in [0.15, 0.2) is 54.7 Å². The molecular weight excluding hydrogens is 460 g/mol. The van der Waals surface area contributed by atoms with Gasteiger partial charge in [-0.05, 0) is 56.0 Å². The lowest BCUT2D eigenvalue weighted by molar-refractivity contribution is 0.0928. The molecule has 0 bridgehead atoms. The molecule has 5 rings (SSSR count). The standard InChI is InChI=1S/C30H36N6O/c1-20(2)15-27(32-30(37)24-17-21(3)16-22(4)18-24)29-34-33-28-10-12-35(13-14-36(28)29)19-23-7-5-9-26-25(23)8-6-11-31-26/h5-9,11,16-18,20,27H,10,12-15,19H2,1-4H3,(H,32,37). The minimum absolute atomic E-state index is 0.0605. The van der Waals surface area contributed by atoms with E-state index in [0.29, 0.717) is 11.5 Å². The normalized spacial score (nSPS) is 14.9. The monoisotopic (exact) mass is 496 g/mol. The predicted octanol–water partition coefficient (Wildman–Crippen LogP) is 5.02. The Bertz CT molecular complexity index is 1380. The molecule has 7 nitrogen and oxygen atoms in total. The molecule has 0 saturated carbocycles. The topological polar surface area (TPSA) is 75.9 Å². The first kappa shape index (κ1) is 25.1. The minimum atomic E-state index is -0.190. The van der Waals surface area contributed by atoms with Gasteiger partial charge in [0.15, 0.2) is 5.82 Å². The zero-order chi connectivity index (χ0) is 25.9. The average Bonchev–Trinajstić information content (AvgIpc) is 3.17. The molecular formula is C30H36N6O. The van der Waals surface area contributed by atoms with Gasteiger partial charge in [-0.25, -0.2) is 0 Å². The van der Waals surface area contributed by atoms with Gasteiger partial charge in [0.25, 0.3) is 5.91 Å². The van der Waals surface area contributed by atoms with Crippen LogP contribution in [0.25, 0.3) is 10.9 Å². The molecule has 1 N–H and O–H groups in total. The Balaban J connectivity index is 1.34. The van der Waals surface area contributed by atoms with Crippen molar-refractivity contribution in [3.8, 4) is 0 Å². The van der Waals surface area contributed by atoms with E-state index in [1.54, 1.807) is 0 Å². The lowest BCUT2D eigenvalue weighted by atomic mass is 10.0. The van der Waals surface area contributed by atoms with Crippen LogP contribution in [0.4, 0.5) is 0 Å². The van der Waals surface area contributed by atoms with Gasteiger partial charge in [-0.3, -0.25) is 14.7 Å². The lowest BCUT2D eigenvalue weighted by Gasteiger charge is -2.23. The minimum Gasteiger partial charge on any atom is -0.342 e. The van der Waals surface area contributed by atoms with Gasteiger partial charge in [-0.15, -0.1) is 10.2 Å². The second-order valence-electron chi connectivity index (χ2n) is 10.7. The molecule has 0 spiro atoms. The maximum absolute atomic E-state index is 13.3. The molecule has 2 aromatic heterocycles. The fraction of sp³-hybridized carbons (Fsp3) is 0.400. The number of pyridine rings is 1. The zero-order valence-corrected chi connectivity index (χ0v) is 22.2. The van der Waals surface area contributed by atoms with Crippen molar-refractivity contribution in [3.63, 3.8) is 0 Å². The molecule has 1 aliphatic rings. The van der Waals surface area contributed by atoms with Crippen molar-refractivity contribution < 1.29 is 4.79 Å². The molecule has 1 atom stereocenters. The SMILES string of the molecule is Cc1cc(C)cc(C(=O)NC(CC(C)C)c2nnc3n2CCN(Cc2cccc4ncccc24)CC3)c1. The maximum atomic E-state index is 13.3. The summed E-state index contributed by atoms with van der Waals surface area (Å²) in [6.45, 7) is 11.9. The summed E-state index contributed by atoms with van der Waals surface area (Å²) in [5.41, 5.74) is 5.19. The molecule has 7 heteroatoms. The van der Waals surface area contributed by atoms with Gasteiger partial charge in [0, 0.05) is 49.7 Å². The summed E-state index contributed by atoms with van der Waals surface area (Å²) in [6, 6.07) is 16.3. The Morgan fingerprint density at radius 2 is 1.81 bits per heavy atom. The molecule has 0 saturated heterocycles. The Morgan fingerprint density at radius 3 is 2.59 bits per heavy atom. The van der Waals surface area contributed by atoms with Crippen molar-refractivity contribution in [2.45, 2.75) is 59.7 Å². The number of aryl methyl sites for hydroxylation is 2. The summed E-state index contributed by atoms with van der Waals surface area (Å²) in [4.78, 5) is 20.2. The van der Waals surface area contributed by atoms with Crippen LogP contribution in [0.1, 0.15) is 65.0 Å². The molecule has 0 radical (unpaired) electrons. The summed E-state index contributed by atoms with van der Waals surface area (Å²) in [7, 11) is 0. The number of rotatable bonds is 7. The van der Waals surface area contributed by atoms with E-state index in [4.69, 9.17) is 0 Å². The van der Waals surface area contributed by atoms with E-state index < -0.39 is 0 Å². The number of hydrogen-bond donors (Lipinski definition) is 1. The third kappa shape index (κ3) is 5.72. The van der Waals surface area contributed by atoms with Gasteiger partial charge in [0.2, 0.25) is 0 Å². The molecule has 4 aromatic rings. The predicted molar refractivity (Wildman–Crippen MR) is 146 cm³/mol. The number of amides is 1. The van der Waals surface area contributed by atoms with Gasteiger partial charge < -0.3 is 9.88 Å². The van der Waals surface area contributed by atoms with Crippen LogP contribution in [0, 0.1) is 19.8 Å². The molecule has 2 aromatic carbocycles. The third-order valence-corrected chi connectivity index (χ3v) is 7.09. The van der Waals surface area contributed by atoms with E-state index in [9.17, 15) is 4.79 Å². The Morgan fingerprint density at radius 1 is 1.00 bits per heavy atom. The van der Waals surface area contributed by atoms with E-state index in [1.807, 2.05) is 38.2 Å². The molecule has 0 fully saturated rings. The highest BCUT2D eigenvalue weighted by atomic mass is 16.1. The highest BCUT2D eigenvalue weighted by Gasteiger charge is 2.26. The van der Waals surface area contributed by atoms with E-state index in [2.05, 4.69) is 74.1 Å². The molecule has 1 aliphatic heterocycles. The first-order valence-corrected chi connectivity index (χ1v) is 13.2. The number of benzene rings is 2. The van der Waals surface area contributed by atoms with Crippen LogP contribution in [0.3, 0.4) is 0 Å². The van der Waals surface area contributed by atoms with Crippen molar-refractivity contribution in [2.24, 2.45) is 5.92 Å². The number of hydrogen-bond acceptors (Lipinski definition) is 5. The highest BCUT2D eigenvalue weighted by molar-refractivity contribution is 5.94. The van der Waals surface area contributed by atoms with E-state index in [1.165, 1.54) is 10.9 Å². The van der Waals surface area contributed by atoms with Gasteiger partial charge in [-0.1, -0.05) is 49.2 Å². The molecule has 3 heterocycles. The van der Waals surface area contributed by atoms with Crippen LogP contribution in [-0.2, 0) is 19.5 Å². The first-order chi connectivity index (χ1) is 17.9. The summed E-state index contributed by atoms with van der Waals surface area (Å²) >= 11 is 0. The van der Waals surface area contributed by atoms with Crippen LogP contribution in [0.2, 0.25) is 0 Å². The van der Waals surface area contributed by atoms with E-state index >= 15 is 0 Å². The van der Waals surface area contributed by atoms with Crippen molar-refractivity contribution in [2.75, 3.05) is 13.1 Å². The fourth-order valence-corrected chi connectivity index (χ4v) is 5.40. The maximum Gasteiger partial charge on any atom is 0.251 e. The van der Waals surface area contributed by atoms with Gasteiger partial charge >= 0.3 is 0 Å². The fourth-order valence-electron chi connectivity index (χ4n) is 5.40. The molecule has 1 amide bonds. The Kier molecular flexibility index (Phi) is 7.33. The van der Waals surface area contributed by atoms with Gasteiger partial charge in [0.1, 0.15) is 5.82 Å². The molecule has 0 aliphatic carbocycles. The summed E-state index contributed by atoms with van der Waals surface area (Å²) in [5.74, 6) is 2.19. The Hall–Kier alpha value is -3.58. The summed E-state index contributed by atoms with van der Waals surface area (Å²) in [5, 5.41) is 13.7. The van der Waals surface area contributed by atoms with Gasteiger partial charge in [0.05, 0.1) is 11.6 Å². The Labute approximate surface area is 218 Å². The summed E-state index contributed by atoms with van der Waals surface area (Å²) in [6.07, 6.45) is 3.48. The van der Waals surface area contributed by atoms with Crippen molar-refractivity contribution in [1.82, 2.24) is 30.0 Å². The number of fused-ring (bicyclic) bond motifs is 2. The highest BCUT2D eigenvalue weighted by Crippen LogP contribution is 2.24. The molecule has 37 heavy (non-hydrogen) atoms. The van der Waals surface area contributed by atoms with Crippen LogP contribution in [0.5, 0.6) is 0 Å². The molecule has 192 valence electrons. The van der Waals surface area contributed by atoms with Crippen LogP contribution >= 0.6 is 0 Å². The number of carbonyl (C=O) groups is 1. The number of carbonyl (C=O) groups excluding carboxylic acids is 1. The zero-order valence-electron chi connectivity index (χ0n) is 22.2. The summed E-state index contributed by atoms with van der Waals surface area (Å²) < 4.78 is 2.24. The smallest absolute Gasteiger partial charge is 0.251 e. The molecule has 1 unspecified atom stereocenters. The van der Waals surface area contributed by atoms with Crippen molar-refractivity contribution >= 4 is 16.8 Å². The lowest BCUT2D eigenvalue weighted by Crippen LogP contribution is -2.32. The van der Waals surface area contributed by atoms with Crippen molar-refractivity contribution in [3.05, 3.63) is 88.6 Å². The average molecular weight is 497 g/mol. The number of nitrogens with zero attached hydrogens (tertiary/aromatic N) is 5. The quantitative estimate of drug-likeness (QED) is 0.389. The second kappa shape index (κ2) is 10.8. The second-order valence-corrected chi connectivity index (χ2v) is 10.7. The van der Waals surface area contributed by atoms with E-state index in [0.717, 1.165) is 67.3 Å². The first-order valence-electron chi connectivity index (χ1n) is 13.2. The van der Waals surface area contributed by atoms with Crippen LogP contribution in [-0.4, -0.2) is 43.6 Å². The largest absolute Gasteiger partial charge is 0.342 e. The van der Waals surface area contributed by atoms with Crippen molar-refractivity contribution in [1.29, 1.82) is 0 Å².